The summed E-state index contributed by atoms with van der Waals surface area (Å²) in [5.74, 6) is -0.480. The third-order valence-corrected chi connectivity index (χ3v) is 5.22. The molecule has 0 bridgehead atoms. The van der Waals surface area contributed by atoms with E-state index in [9.17, 15) is 13.2 Å². The SMILES string of the molecule is Cc1cccc(C)c1N1C(=O)C(C)(C)CS1(=O)=O. The van der Waals surface area contributed by atoms with Crippen molar-refractivity contribution in [2.75, 3.05) is 10.1 Å². The first-order valence-corrected chi connectivity index (χ1v) is 7.41. The van der Waals surface area contributed by atoms with Crippen molar-refractivity contribution in [2.45, 2.75) is 27.7 Å². The van der Waals surface area contributed by atoms with Crippen molar-refractivity contribution < 1.29 is 13.2 Å². The molecule has 98 valence electrons. The zero-order valence-corrected chi connectivity index (χ0v) is 11.8. The number of para-hydroxylation sites is 1. The highest BCUT2D eigenvalue weighted by molar-refractivity contribution is 7.94. The number of aryl methyl sites for hydroxylation is 2. The molecule has 0 unspecified atom stereocenters. The minimum Gasteiger partial charge on any atom is -0.273 e. The van der Waals surface area contributed by atoms with Crippen LogP contribution in [0.4, 0.5) is 5.69 Å². The lowest BCUT2D eigenvalue weighted by Crippen LogP contribution is -2.34. The van der Waals surface area contributed by atoms with E-state index in [0.29, 0.717) is 5.69 Å². The van der Waals surface area contributed by atoms with E-state index in [1.807, 2.05) is 32.0 Å². The van der Waals surface area contributed by atoms with Crippen LogP contribution < -0.4 is 4.31 Å². The van der Waals surface area contributed by atoms with Crippen molar-refractivity contribution in [1.82, 2.24) is 0 Å². The number of benzene rings is 1. The highest BCUT2D eigenvalue weighted by Gasteiger charge is 2.50. The summed E-state index contributed by atoms with van der Waals surface area (Å²) in [6.45, 7) is 6.97. The molecule has 0 saturated carbocycles. The normalized spacial score (nSPS) is 21.3. The van der Waals surface area contributed by atoms with Crippen molar-refractivity contribution >= 4 is 21.6 Å². The molecule has 1 aliphatic rings. The molecule has 0 aliphatic carbocycles. The number of anilines is 1. The Morgan fingerprint density at radius 3 is 2.06 bits per heavy atom. The van der Waals surface area contributed by atoms with E-state index >= 15 is 0 Å². The summed E-state index contributed by atoms with van der Waals surface area (Å²) < 4.78 is 25.4. The summed E-state index contributed by atoms with van der Waals surface area (Å²) in [5.41, 5.74) is 1.25. The van der Waals surface area contributed by atoms with Crippen molar-refractivity contribution in [3.8, 4) is 0 Å². The number of hydrogen-bond acceptors (Lipinski definition) is 3. The van der Waals surface area contributed by atoms with Gasteiger partial charge in [0.1, 0.15) is 0 Å². The molecule has 0 spiro atoms. The van der Waals surface area contributed by atoms with Gasteiger partial charge in [-0.2, -0.15) is 0 Å². The minimum atomic E-state index is -3.56. The van der Waals surface area contributed by atoms with Gasteiger partial charge in [0.15, 0.2) is 0 Å². The van der Waals surface area contributed by atoms with E-state index in [1.165, 1.54) is 0 Å². The average molecular weight is 267 g/mol. The Balaban J connectivity index is 2.68. The van der Waals surface area contributed by atoms with Gasteiger partial charge in [-0.15, -0.1) is 0 Å². The first-order chi connectivity index (χ1) is 8.17. The Morgan fingerprint density at radius 1 is 1.17 bits per heavy atom. The Kier molecular flexibility index (Phi) is 2.77. The molecule has 0 aromatic heterocycles. The maximum absolute atomic E-state index is 12.3. The maximum Gasteiger partial charge on any atom is 0.247 e. The monoisotopic (exact) mass is 267 g/mol. The van der Waals surface area contributed by atoms with Crippen LogP contribution in [0.15, 0.2) is 18.2 Å². The predicted octanol–water partition coefficient (Wildman–Crippen LogP) is 2.01. The molecule has 1 fully saturated rings. The molecule has 1 heterocycles. The molecule has 1 saturated heterocycles. The zero-order valence-electron chi connectivity index (χ0n) is 11.0. The van der Waals surface area contributed by atoms with Crippen LogP contribution in [0.2, 0.25) is 0 Å². The number of amides is 1. The molecule has 5 heteroatoms. The van der Waals surface area contributed by atoms with Gasteiger partial charge in [-0.25, -0.2) is 12.7 Å². The third kappa shape index (κ3) is 1.82. The van der Waals surface area contributed by atoms with Gasteiger partial charge >= 0.3 is 0 Å². The van der Waals surface area contributed by atoms with E-state index in [-0.39, 0.29) is 11.7 Å². The minimum absolute atomic E-state index is 0.132. The molecule has 0 N–H and O–H groups in total. The molecule has 1 aliphatic heterocycles. The Bertz CT molecular complexity index is 597. The molecule has 18 heavy (non-hydrogen) atoms. The molecular formula is C13H17NO3S. The van der Waals surface area contributed by atoms with Gasteiger partial charge in [0, 0.05) is 0 Å². The molecule has 0 radical (unpaired) electrons. The van der Waals surface area contributed by atoms with Gasteiger partial charge in [-0.3, -0.25) is 4.79 Å². The summed E-state index contributed by atoms with van der Waals surface area (Å²) >= 11 is 0. The van der Waals surface area contributed by atoms with Gasteiger partial charge in [0.05, 0.1) is 16.9 Å². The Morgan fingerprint density at radius 2 is 1.67 bits per heavy atom. The van der Waals surface area contributed by atoms with Crippen molar-refractivity contribution in [3.63, 3.8) is 0 Å². The fraction of sp³-hybridized carbons (Fsp3) is 0.462. The van der Waals surface area contributed by atoms with Gasteiger partial charge in [0.25, 0.3) is 0 Å². The van der Waals surface area contributed by atoms with Crippen LogP contribution in [0.5, 0.6) is 0 Å². The molecule has 0 atom stereocenters. The first-order valence-electron chi connectivity index (χ1n) is 5.80. The van der Waals surface area contributed by atoms with Gasteiger partial charge < -0.3 is 0 Å². The Labute approximate surface area is 108 Å². The number of carbonyl (C=O) groups excluding carboxylic acids is 1. The lowest BCUT2D eigenvalue weighted by atomic mass is 9.95. The lowest BCUT2D eigenvalue weighted by molar-refractivity contribution is -0.123. The first kappa shape index (κ1) is 13.1. The summed E-state index contributed by atoms with van der Waals surface area (Å²) in [7, 11) is -3.56. The van der Waals surface area contributed by atoms with E-state index < -0.39 is 15.4 Å². The van der Waals surface area contributed by atoms with Gasteiger partial charge in [0.2, 0.25) is 15.9 Å². The number of nitrogens with zero attached hydrogens (tertiary/aromatic N) is 1. The van der Waals surface area contributed by atoms with Crippen LogP contribution in [0, 0.1) is 19.3 Å². The highest BCUT2D eigenvalue weighted by atomic mass is 32.2. The van der Waals surface area contributed by atoms with E-state index in [0.717, 1.165) is 15.4 Å². The second-order valence-electron chi connectivity index (χ2n) is 5.45. The van der Waals surface area contributed by atoms with Crippen LogP contribution in [0.25, 0.3) is 0 Å². The van der Waals surface area contributed by atoms with Crippen molar-refractivity contribution in [2.24, 2.45) is 5.41 Å². The van der Waals surface area contributed by atoms with Crippen LogP contribution >= 0.6 is 0 Å². The number of sulfonamides is 1. The van der Waals surface area contributed by atoms with Crippen LogP contribution in [-0.2, 0) is 14.8 Å². The summed E-state index contributed by atoms with van der Waals surface area (Å²) in [5, 5.41) is 0. The largest absolute Gasteiger partial charge is 0.273 e. The number of rotatable bonds is 1. The quantitative estimate of drug-likeness (QED) is 0.782. The number of carbonyl (C=O) groups is 1. The molecule has 1 amide bonds. The maximum atomic E-state index is 12.3. The highest BCUT2D eigenvalue weighted by Crippen LogP contribution is 2.38. The third-order valence-electron chi connectivity index (χ3n) is 3.23. The fourth-order valence-electron chi connectivity index (χ4n) is 2.35. The van der Waals surface area contributed by atoms with Crippen LogP contribution in [0.3, 0.4) is 0 Å². The summed E-state index contributed by atoms with van der Waals surface area (Å²) in [4.78, 5) is 12.3. The summed E-state index contributed by atoms with van der Waals surface area (Å²) in [6.07, 6.45) is 0. The standard InChI is InChI=1S/C13H17NO3S/c1-9-6-5-7-10(2)11(9)14-12(15)13(3,4)8-18(14,16)17/h5-7H,8H2,1-4H3. The summed E-state index contributed by atoms with van der Waals surface area (Å²) in [6, 6.07) is 5.49. The smallest absolute Gasteiger partial charge is 0.247 e. The van der Waals surface area contributed by atoms with Gasteiger partial charge in [-0.05, 0) is 38.8 Å². The van der Waals surface area contributed by atoms with E-state index in [1.54, 1.807) is 13.8 Å². The van der Waals surface area contributed by atoms with E-state index in [4.69, 9.17) is 0 Å². The second-order valence-corrected chi connectivity index (χ2v) is 7.27. The Hall–Kier alpha value is -1.36. The zero-order chi connectivity index (χ0) is 13.7. The number of hydrogen-bond donors (Lipinski definition) is 0. The van der Waals surface area contributed by atoms with E-state index in [2.05, 4.69) is 0 Å². The molecule has 1 aromatic carbocycles. The average Bonchev–Trinajstić information content (AvgIpc) is 2.35. The fourth-order valence-corrected chi connectivity index (χ4v) is 4.58. The van der Waals surface area contributed by atoms with Crippen LogP contribution in [-0.4, -0.2) is 20.1 Å². The van der Waals surface area contributed by atoms with Crippen molar-refractivity contribution in [3.05, 3.63) is 29.3 Å². The second kappa shape index (κ2) is 3.82. The van der Waals surface area contributed by atoms with Crippen molar-refractivity contribution in [1.29, 1.82) is 0 Å². The molecular weight excluding hydrogens is 250 g/mol. The molecule has 4 nitrogen and oxygen atoms in total. The predicted molar refractivity (Wildman–Crippen MR) is 71.0 cm³/mol. The molecule has 2 rings (SSSR count). The lowest BCUT2D eigenvalue weighted by Gasteiger charge is -2.21. The van der Waals surface area contributed by atoms with Gasteiger partial charge in [-0.1, -0.05) is 18.2 Å². The van der Waals surface area contributed by atoms with Crippen LogP contribution in [0.1, 0.15) is 25.0 Å². The molecule has 1 aromatic rings. The topological polar surface area (TPSA) is 54.5 Å².